The van der Waals surface area contributed by atoms with E-state index < -0.39 is 23.4 Å². The minimum Gasteiger partial charge on any atom is -0.395 e. The molecule has 0 radical (unpaired) electrons. The molecule has 0 aliphatic carbocycles. The minimum absolute atomic E-state index is 0.285. The number of hydrogen-bond donors (Lipinski definition) is 0. The van der Waals surface area contributed by atoms with Crippen molar-refractivity contribution < 1.29 is 26.4 Å². The van der Waals surface area contributed by atoms with E-state index >= 15 is 0 Å². The van der Waals surface area contributed by atoms with Gasteiger partial charge < -0.3 is 13.7 Å². The molecule has 1 aliphatic heterocycles. The van der Waals surface area contributed by atoms with Crippen LogP contribution >= 0.6 is 0 Å². The van der Waals surface area contributed by atoms with Crippen molar-refractivity contribution in [2.45, 2.75) is 12.6 Å². The maximum atomic E-state index is 13.2. The lowest BCUT2D eigenvalue weighted by molar-refractivity contribution is -0.137. The fourth-order valence-corrected chi connectivity index (χ4v) is 3.66. The molecule has 1 aliphatic rings. The zero-order chi connectivity index (χ0) is 22.0. The topological polar surface area (TPSA) is 49.8 Å². The van der Waals surface area contributed by atoms with E-state index in [0.29, 0.717) is 56.2 Å². The smallest absolute Gasteiger partial charge is 0.395 e. The van der Waals surface area contributed by atoms with Crippen molar-refractivity contribution in [3.63, 3.8) is 0 Å². The first kappa shape index (κ1) is 21.2. The summed E-state index contributed by atoms with van der Waals surface area (Å²) in [6, 6.07) is 10.9. The van der Waals surface area contributed by atoms with E-state index in [1.165, 1.54) is 36.4 Å². The van der Waals surface area contributed by atoms with Crippen LogP contribution in [0.4, 0.5) is 23.2 Å². The van der Waals surface area contributed by atoms with Crippen molar-refractivity contribution in [1.29, 1.82) is 0 Å². The zero-order valence-corrected chi connectivity index (χ0v) is 16.5. The molecule has 0 N–H and O–H groups in total. The molecule has 9 heteroatoms. The Balaban J connectivity index is 1.36. The van der Waals surface area contributed by atoms with Gasteiger partial charge in [-0.05, 0) is 42.5 Å². The largest absolute Gasteiger partial charge is 0.519 e. The van der Waals surface area contributed by atoms with Gasteiger partial charge >= 0.3 is 12.0 Å². The molecule has 31 heavy (non-hydrogen) atoms. The van der Waals surface area contributed by atoms with E-state index in [-0.39, 0.29) is 5.76 Å². The summed E-state index contributed by atoms with van der Waals surface area (Å²) in [6.45, 7) is 3.07. The van der Waals surface area contributed by atoms with Crippen LogP contribution in [0.5, 0.6) is 0 Å². The first-order valence-electron chi connectivity index (χ1n) is 9.83. The van der Waals surface area contributed by atoms with Crippen LogP contribution in [0.25, 0.3) is 11.3 Å². The van der Waals surface area contributed by atoms with Crippen LogP contribution in [-0.2, 0) is 12.6 Å². The van der Waals surface area contributed by atoms with Crippen LogP contribution < -0.4 is 10.7 Å². The van der Waals surface area contributed by atoms with Crippen LogP contribution in [0, 0.1) is 5.82 Å². The summed E-state index contributed by atoms with van der Waals surface area (Å²) >= 11 is 0. The highest BCUT2D eigenvalue weighted by molar-refractivity contribution is 5.58. The molecular weight excluding hydrogens is 416 g/mol. The van der Waals surface area contributed by atoms with Gasteiger partial charge in [0.15, 0.2) is 11.5 Å². The van der Waals surface area contributed by atoms with Gasteiger partial charge in [0.1, 0.15) is 5.82 Å². The zero-order valence-electron chi connectivity index (χ0n) is 16.5. The quantitative estimate of drug-likeness (QED) is 0.554. The van der Waals surface area contributed by atoms with Gasteiger partial charge in [0.05, 0.1) is 5.56 Å². The van der Waals surface area contributed by atoms with Crippen LogP contribution in [0.2, 0.25) is 0 Å². The molecule has 1 aromatic heterocycles. The predicted molar refractivity (Wildman–Crippen MR) is 106 cm³/mol. The summed E-state index contributed by atoms with van der Waals surface area (Å²) < 4.78 is 62.3. The van der Waals surface area contributed by atoms with E-state index in [4.69, 9.17) is 8.83 Å². The van der Waals surface area contributed by atoms with E-state index in [1.54, 1.807) is 6.07 Å². The van der Waals surface area contributed by atoms with E-state index in [9.17, 15) is 22.4 Å². The molecule has 1 saturated heterocycles. The molecule has 3 aromatic rings. The molecule has 0 unspecified atom stereocenters. The number of anilines is 1. The molecule has 164 valence electrons. The number of alkyl halides is 3. The number of hydrogen-bond acceptors (Lipinski definition) is 5. The third-order valence-corrected chi connectivity index (χ3v) is 5.32. The summed E-state index contributed by atoms with van der Waals surface area (Å²) in [6.07, 6.45) is -3.95. The van der Waals surface area contributed by atoms with Crippen LogP contribution in [0.15, 0.2) is 62.2 Å². The summed E-state index contributed by atoms with van der Waals surface area (Å²) in [5.41, 5.74) is 0.446. The first-order chi connectivity index (χ1) is 14.8. The van der Waals surface area contributed by atoms with Gasteiger partial charge in [-0.15, -0.1) is 0 Å². The Bertz CT molecular complexity index is 1080. The van der Waals surface area contributed by atoms with Gasteiger partial charge in [-0.2, -0.15) is 13.2 Å². The standard InChI is InChI=1S/C22H20F4N2O3/c23-17-6-4-15(5-7-17)20-19(30-21(29)31-20)8-9-27-10-12-28(13-11-27)18-3-1-2-16(14-18)22(24,25)26/h1-7,14H,8-13H2. The highest BCUT2D eigenvalue weighted by Gasteiger charge is 2.31. The molecular formula is C22H20F4N2O3. The number of rotatable bonds is 5. The van der Waals surface area contributed by atoms with Crippen molar-refractivity contribution in [3.8, 4) is 11.3 Å². The van der Waals surface area contributed by atoms with Crippen molar-refractivity contribution in [2.75, 3.05) is 37.6 Å². The molecule has 2 heterocycles. The van der Waals surface area contributed by atoms with Gasteiger partial charge in [0.2, 0.25) is 0 Å². The predicted octanol–water partition coefficient (Wildman–Crippen LogP) is 4.42. The third kappa shape index (κ3) is 4.99. The minimum atomic E-state index is -4.37. The summed E-state index contributed by atoms with van der Waals surface area (Å²) in [5, 5.41) is 0. The Labute approximate surface area is 175 Å². The lowest BCUT2D eigenvalue weighted by Crippen LogP contribution is -2.47. The SMILES string of the molecule is O=c1oc(CCN2CCN(c3cccc(C(F)(F)F)c3)CC2)c(-c2ccc(F)cc2)o1. The second-order valence-electron chi connectivity index (χ2n) is 7.34. The van der Waals surface area contributed by atoms with Gasteiger partial charge in [-0.25, -0.2) is 9.18 Å². The highest BCUT2D eigenvalue weighted by Crippen LogP contribution is 2.32. The second-order valence-corrected chi connectivity index (χ2v) is 7.34. The van der Waals surface area contributed by atoms with E-state index in [0.717, 1.165) is 6.07 Å². The summed E-state index contributed by atoms with van der Waals surface area (Å²) in [4.78, 5) is 15.7. The molecule has 5 nitrogen and oxygen atoms in total. The van der Waals surface area contributed by atoms with Gasteiger partial charge in [-0.3, -0.25) is 4.90 Å². The van der Waals surface area contributed by atoms with Gasteiger partial charge in [-0.1, -0.05) is 6.07 Å². The average Bonchev–Trinajstić information content (AvgIpc) is 3.13. The normalized spacial score (nSPS) is 15.4. The Morgan fingerprint density at radius 1 is 0.935 bits per heavy atom. The summed E-state index contributed by atoms with van der Waals surface area (Å²) in [7, 11) is 0. The monoisotopic (exact) mass is 436 g/mol. The first-order valence-corrected chi connectivity index (χ1v) is 9.83. The highest BCUT2D eigenvalue weighted by atomic mass is 19.4. The average molecular weight is 436 g/mol. The molecule has 0 atom stereocenters. The van der Waals surface area contributed by atoms with Crippen molar-refractivity contribution in [1.82, 2.24) is 4.90 Å². The Morgan fingerprint density at radius 3 is 2.32 bits per heavy atom. The molecule has 0 bridgehead atoms. The molecule has 0 amide bonds. The van der Waals surface area contributed by atoms with Crippen molar-refractivity contribution in [2.24, 2.45) is 0 Å². The number of nitrogens with zero attached hydrogens (tertiary/aromatic N) is 2. The Hall–Kier alpha value is -3.07. The molecule has 4 rings (SSSR count). The summed E-state index contributed by atoms with van der Waals surface area (Å²) in [5.74, 6) is -0.539. The fraction of sp³-hybridized carbons (Fsp3) is 0.318. The fourth-order valence-electron chi connectivity index (χ4n) is 3.66. The van der Waals surface area contributed by atoms with Crippen LogP contribution in [-0.4, -0.2) is 37.6 Å². The second kappa shape index (κ2) is 8.58. The molecule has 0 saturated carbocycles. The Kier molecular flexibility index (Phi) is 5.86. The number of piperazine rings is 1. The molecule has 1 fully saturated rings. The van der Waals surface area contributed by atoms with Gasteiger partial charge in [0.25, 0.3) is 0 Å². The van der Waals surface area contributed by atoms with Crippen molar-refractivity contribution in [3.05, 3.63) is 76.3 Å². The molecule has 2 aromatic carbocycles. The number of halogens is 4. The van der Waals surface area contributed by atoms with Gasteiger partial charge in [0, 0.05) is 50.4 Å². The third-order valence-electron chi connectivity index (χ3n) is 5.32. The lowest BCUT2D eigenvalue weighted by atomic mass is 10.1. The lowest BCUT2D eigenvalue weighted by Gasteiger charge is -2.36. The number of benzene rings is 2. The van der Waals surface area contributed by atoms with E-state index in [2.05, 4.69) is 4.90 Å². The van der Waals surface area contributed by atoms with Crippen LogP contribution in [0.1, 0.15) is 11.3 Å². The van der Waals surface area contributed by atoms with E-state index in [1.807, 2.05) is 4.90 Å². The molecule has 0 spiro atoms. The van der Waals surface area contributed by atoms with Crippen molar-refractivity contribution >= 4 is 5.69 Å². The van der Waals surface area contributed by atoms with Crippen LogP contribution in [0.3, 0.4) is 0 Å². The maximum absolute atomic E-state index is 13.2. The maximum Gasteiger partial charge on any atom is 0.519 e. The Morgan fingerprint density at radius 2 is 1.65 bits per heavy atom.